The van der Waals surface area contributed by atoms with Gasteiger partial charge >= 0.3 is 6.36 Å². The number of sulfonamides is 1. The van der Waals surface area contributed by atoms with E-state index >= 15 is 0 Å². The maximum absolute atomic E-state index is 12.1. The Kier molecular flexibility index (Phi) is 3.68. The van der Waals surface area contributed by atoms with Crippen LogP contribution in [0.2, 0.25) is 0 Å². The third-order valence-corrected chi connectivity index (χ3v) is 3.65. The maximum atomic E-state index is 12.1. The number of anilines is 2. The number of hydrogen-bond donors (Lipinski definition) is 3. The molecule has 11 heteroatoms. The van der Waals surface area contributed by atoms with E-state index in [1.165, 1.54) is 12.1 Å². The number of halogens is 3. The van der Waals surface area contributed by atoms with Gasteiger partial charge in [0, 0.05) is 6.07 Å². The van der Waals surface area contributed by atoms with Crippen LogP contribution in [-0.2, 0) is 10.0 Å². The molecule has 0 spiro atoms. The lowest BCUT2D eigenvalue weighted by molar-refractivity contribution is -0.274. The van der Waals surface area contributed by atoms with Crippen LogP contribution in [0.1, 0.15) is 0 Å². The van der Waals surface area contributed by atoms with Crippen molar-refractivity contribution in [3.63, 3.8) is 0 Å². The lowest BCUT2D eigenvalue weighted by Crippen LogP contribution is -2.17. The van der Waals surface area contributed by atoms with Gasteiger partial charge in [-0.1, -0.05) is 6.07 Å². The van der Waals surface area contributed by atoms with Crippen LogP contribution in [0, 0.1) is 0 Å². The summed E-state index contributed by atoms with van der Waals surface area (Å²) in [5.41, 5.74) is 5.27. The minimum absolute atomic E-state index is 0.114. The summed E-state index contributed by atoms with van der Waals surface area (Å²) in [5, 5.41) is 5.69. The van der Waals surface area contributed by atoms with Gasteiger partial charge in [0.1, 0.15) is 16.5 Å². The van der Waals surface area contributed by atoms with Crippen LogP contribution >= 0.6 is 0 Å². The van der Waals surface area contributed by atoms with E-state index in [-0.39, 0.29) is 16.4 Å². The molecule has 0 unspecified atom stereocenters. The number of aromatic amines is 1. The average molecular weight is 322 g/mol. The van der Waals surface area contributed by atoms with E-state index in [2.05, 4.69) is 19.7 Å². The first-order chi connectivity index (χ1) is 9.67. The Morgan fingerprint density at radius 3 is 2.62 bits per heavy atom. The highest BCUT2D eigenvalue weighted by Gasteiger charge is 2.31. The number of benzene rings is 1. The van der Waals surface area contributed by atoms with Gasteiger partial charge in [0.25, 0.3) is 10.0 Å². The molecule has 1 aromatic carbocycles. The first-order valence-corrected chi connectivity index (χ1v) is 6.83. The topological polar surface area (TPSA) is 110 Å². The second kappa shape index (κ2) is 5.16. The third-order valence-electron chi connectivity index (χ3n) is 2.24. The first-order valence-electron chi connectivity index (χ1n) is 5.35. The number of nitrogens with zero attached hydrogens (tertiary/aromatic N) is 1. The molecule has 0 amide bonds. The standard InChI is InChI=1S/C10H9F3N4O3S/c11-10(12,13)20-7-3-1-2-6(4-7)17-21(18,19)8-5-15-16-9(8)14/h1-5,17H,(H3,14,15,16). The van der Waals surface area contributed by atoms with Crippen LogP contribution in [-0.4, -0.2) is 25.0 Å². The van der Waals surface area contributed by atoms with Crippen LogP contribution in [0.4, 0.5) is 24.7 Å². The zero-order valence-electron chi connectivity index (χ0n) is 10.2. The number of ether oxygens (including phenoxy) is 1. The minimum atomic E-state index is -4.87. The number of aromatic nitrogens is 2. The molecule has 0 aliphatic heterocycles. The van der Waals surface area contributed by atoms with Crippen LogP contribution in [0.3, 0.4) is 0 Å². The molecule has 0 fully saturated rings. The number of nitrogen functional groups attached to an aromatic ring is 1. The number of H-pyrrole nitrogens is 1. The van der Waals surface area contributed by atoms with E-state index in [0.29, 0.717) is 0 Å². The third kappa shape index (κ3) is 3.78. The molecule has 2 rings (SSSR count). The summed E-state index contributed by atoms with van der Waals surface area (Å²) in [7, 11) is -4.07. The lowest BCUT2D eigenvalue weighted by atomic mass is 10.3. The fourth-order valence-electron chi connectivity index (χ4n) is 1.47. The number of alkyl halides is 3. The van der Waals surface area contributed by atoms with E-state index < -0.39 is 22.1 Å². The number of nitrogens with one attached hydrogen (secondary N) is 2. The van der Waals surface area contributed by atoms with E-state index in [1.54, 1.807) is 0 Å². The van der Waals surface area contributed by atoms with Gasteiger partial charge in [-0.05, 0) is 12.1 Å². The van der Waals surface area contributed by atoms with Crippen molar-refractivity contribution in [1.29, 1.82) is 0 Å². The smallest absolute Gasteiger partial charge is 0.406 e. The second-order valence-electron chi connectivity index (χ2n) is 3.83. The Morgan fingerprint density at radius 2 is 2.05 bits per heavy atom. The molecule has 21 heavy (non-hydrogen) atoms. The highest BCUT2D eigenvalue weighted by molar-refractivity contribution is 7.92. The Balaban J connectivity index is 2.24. The van der Waals surface area contributed by atoms with E-state index in [0.717, 1.165) is 18.3 Å². The van der Waals surface area contributed by atoms with Crippen molar-refractivity contribution >= 4 is 21.5 Å². The number of nitrogens with two attached hydrogens (primary N) is 1. The van der Waals surface area contributed by atoms with Crippen molar-refractivity contribution < 1.29 is 26.3 Å². The molecular weight excluding hydrogens is 313 g/mol. The number of rotatable bonds is 4. The number of hydrogen-bond acceptors (Lipinski definition) is 5. The summed E-state index contributed by atoms with van der Waals surface area (Å²) < 4.78 is 66.0. The van der Waals surface area contributed by atoms with Gasteiger partial charge in [0.2, 0.25) is 0 Å². The first kappa shape index (κ1) is 15.0. The highest BCUT2D eigenvalue weighted by Crippen LogP contribution is 2.26. The fourth-order valence-corrected chi connectivity index (χ4v) is 2.54. The zero-order valence-corrected chi connectivity index (χ0v) is 11.0. The molecule has 7 nitrogen and oxygen atoms in total. The fraction of sp³-hybridized carbons (Fsp3) is 0.100. The molecule has 0 bridgehead atoms. The SMILES string of the molecule is Nc1[nH]ncc1S(=O)(=O)Nc1cccc(OC(F)(F)F)c1. The summed E-state index contributed by atoms with van der Waals surface area (Å²) in [6.45, 7) is 0. The molecule has 0 atom stereocenters. The van der Waals surface area contributed by atoms with Gasteiger partial charge in [0.05, 0.1) is 11.9 Å². The second-order valence-corrected chi connectivity index (χ2v) is 5.48. The summed E-state index contributed by atoms with van der Waals surface area (Å²) in [4.78, 5) is -0.315. The maximum Gasteiger partial charge on any atom is 0.573 e. The van der Waals surface area contributed by atoms with E-state index in [9.17, 15) is 21.6 Å². The van der Waals surface area contributed by atoms with Crippen molar-refractivity contribution in [3.8, 4) is 5.75 Å². The van der Waals surface area contributed by atoms with Gasteiger partial charge in [-0.25, -0.2) is 8.42 Å². The van der Waals surface area contributed by atoms with Crippen molar-refractivity contribution in [3.05, 3.63) is 30.5 Å². The van der Waals surface area contributed by atoms with Crippen molar-refractivity contribution in [1.82, 2.24) is 10.2 Å². The Morgan fingerprint density at radius 1 is 1.33 bits per heavy atom. The molecule has 0 aliphatic rings. The zero-order chi connectivity index (χ0) is 15.7. The van der Waals surface area contributed by atoms with Crippen LogP contribution in [0.5, 0.6) is 5.75 Å². The quantitative estimate of drug-likeness (QED) is 0.793. The lowest BCUT2D eigenvalue weighted by Gasteiger charge is -2.11. The average Bonchev–Trinajstić information content (AvgIpc) is 2.73. The molecule has 0 radical (unpaired) electrons. The van der Waals surface area contributed by atoms with Gasteiger partial charge in [0.15, 0.2) is 0 Å². The van der Waals surface area contributed by atoms with Crippen molar-refractivity contribution in [2.75, 3.05) is 10.5 Å². The van der Waals surface area contributed by atoms with Gasteiger partial charge in [-0.3, -0.25) is 9.82 Å². The molecule has 1 heterocycles. The minimum Gasteiger partial charge on any atom is -0.406 e. The van der Waals surface area contributed by atoms with Crippen LogP contribution in [0.25, 0.3) is 0 Å². The molecule has 114 valence electrons. The van der Waals surface area contributed by atoms with Crippen LogP contribution < -0.4 is 15.2 Å². The Hall–Kier alpha value is -2.43. The van der Waals surface area contributed by atoms with E-state index in [1.807, 2.05) is 0 Å². The van der Waals surface area contributed by atoms with Crippen molar-refractivity contribution in [2.24, 2.45) is 0 Å². The van der Waals surface area contributed by atoms with Gasteiger partial charge in [-0.2, -0.15) is 5.10 Å². The molecule has 0 aliphatic carbocycles. The van der Waals surface area contributed by atoms with Crippen molar-refractivity contribution in [2.45, 2.75) is 11.3 Å². The van der Waals surface area contributed by atoms with E-state index in [4.69, 9.17) is 5.73 Å². The predicted molar refractivity (Wildman–Crippen MR) is 66.9 cm³/mol. The predicted octanol–water partition coefficient (Wildman–Crippen LogP) is 1.69. The highest BCUT2D eigenvalue weighted by atomic mass is 32.2. The monoisotopic (exact) mass is 322 g/mol. The molecule has 0 saturated carbocycles. The molecule has 2 aromatic rings. The molecule has 4 N–H and O–H groups in total. The molecule has 1 aromatic heterocycles. The summed E-state index contributed by atoms with van der Waals surface area (Å²) in [6.07, 6.45) is -3.89. The Bertz CT molecular complexity index is 742. The largest absolute Gasteiger partial charge is 0.573 e. The Labute approximate surface area is 117 Å². The summed E-state index contributed by atoms with van der Waals surface area (Å²) in [5.74, 6) is -0.743. The normalized spacial score (nSPS) is 12.1. The summed E-state index contributed by atoms with van der Waals surface area (Å²) >= 11 is 0. The van der Waals surface area contributed by atoms with Gasteiger partial charge in [-0.15, -0.1) is 13.2 Å². The van der Waals surface area contributed by atoms with Gasteiger partial charge < -0.3 is 10.5 Å². The van der Waals surface area contributed by atoms with Crippen LogP contribution in [0.15, 0.2) is 35.4 Å². The summed E-state index contributed by atoms with van der Waals surface area (Å²) in [6, 6.07) is 4.40. The molecule has 0 saturated heterocycles. The molecular formula is C10H9F3N4O3S.